The summed E-state index contributed by atoms with van der Waals surface area (Å²) in [4.78, 5) is 8.62. The summed E-state index contributed by atoms with van der Waals surface area (Å²) in [6, 6.07) is 0. The van der Waals surface area contributed by atoms with Crippen molar-refractivity contribution in [2.45, 2.75) is 53.1 Å². The second kappa shape index (κ2) is 4.11. The topological polar surface area (TPSA) is 25.8 Å². The third-order valence-corrected chi connectivity index (χ3v) is 3.37. The Labute approximate surface area is 96.3 Å². The lowest BCUT2D eigenvalue weighted by Gasteiger charge is -2.31. The Bertz CT molecular complexity index is 382. The Morgan fingerprint density at radius 2 is 2.06 bits per heavy atom. The van der Waals surface area contributed by atoms with Crippen molar-refractivity contribution in [1.29, 1.82) is 0 Å². The van der Waals surface area contributed by atoms with E-state index in [1.165, 1.54) is 5.56 Å². The molecule has 0 atom stereocenters. The Hall–Kier alpha value is -0.990. The van der Waals surface area contributed by atoms with Gasteiger partial charge in [-0.1, -0.05) is 20.8 Å². The zero-order valence-corrected chi connectivity index (χ0v) is 10.3. The quantitative estimate of drug-likeness (QED) is 0.768. The Morgan fingerprint density at radius 1 is 1.31 bits per heavy atom. The molecule has 88 valence electrons. The molecule has 0 saturated carbocycles. The van der Waals surface area contributed by atoms with E-state index in [0.29, 0.717) is 11.2 Å². The van der Waals surface area contributed by atoms with E-state index in [0.717, 1.165) is 37.1 Å². The van der Waals surface area contributed by atoms with Crippen LogP contribution >= 0.6 is 0 Å². The summed E-state index contributed by atoms with van der Waals surface area (Å²) in [5, 5.41) is 0. The zero-order chi connectivity index (χ0) is 11.8. The molecule has 2 rings (SSSR count). The third kappa shape index (κ3) is 2.08. The van der Waals surface area contributed by atoms with Gasteiger partial charge in [0, 0.05) is 11.4 Å². The van der Waals surface area contributed by atoms with Gasteiger partial charge >= 0.3 is 0 Å². The monoisotopic (exact) mass is 222 g/mol. The van der Waals surface area contributed by atoms with E-state index < -0.39 is 6.67 Å². The minimum Gasteiger partial charge on any atom is -0.242 e. The van der Waals surface area contributed by atoms with Gasteiger partial charge in [0.1, 0.15) is 6.67 Å². The lowest BCUT2D eigenvalue weighted by atomic mass is 9.75. The van der Waals surface area contributed by atoms with Crippen LogP contribution in [-0.2, 0) is 25.9 Å². The average molecular weight is 222 g/mol. The molecule has 0 spiro atoms. The van der Waals surface area contributed by atoms with Gasteiger partial charge in [0.15, 0.2) is 5.82 Å². The van der Waals surface area contributed by atoms with Crippen LogP contribution in [0.5, 0.6) is 0 Å². The molecule has 0 aliphatic heterocycles. The molecule has 0 radical (unpaired) electrons. The molecular weight excluding hydrogens is 203 g/mol. The van der Waals surface area contributed by atoms with Gasteiger partial charge in [0.25, 0.3) is 0 Å². The second-order valence-electron chi connectivity index (χ2n) is 5.34. The van der Waals surface area contributed by atoms with Crippen molar-refractivity contribution < 1.29 is 4.39 Å². The summed E-state index contributed by atoms with van der Waals surface area (Å²) in [5.41, 5.74) is 3.73. The maximum absolute atomic E-state index is 12.6. The first-order valence-electron chi connectivity index (χ1n) is 5.99. The highest BCUT2D eigenvalue weighted by Crippen LogP contribution is 2.35. The molecule has 1 aliphatic carbocycles. The zero-order valence-electron chi connectivity index (χ0n) is 10.3. The van der Waals surface area contributed by atoms with Gasteiger partial charge in [-0.2, -0.15) is 0 Å². The maximum Gasteiger partial charge on any atom is 0.159 e. The molecule has 0 bridgehead atoms. The molecule has 0 fully saturated rings. The minimum absolute atomic E-state index is 0.331. The number of fused-ring (bicyclic) bond motifs is 1. The van der Waals surface area contributed by atoms with E-state index in [4.69, 9.17) is 0 Å². The minimum atomic E-state index is -0.552. The first kappa shape index (κ1) is 11.5. The number of aryl methyl sites for hydroxylation is 2. The number of alkyl halides is 1. The lowest BCUT2D eigenvalue weighted by Crippen LogP contribution is -2.25. The molecule has 16 heavy (non-hydrogen) atoms. The van der Waals surface area contributed by atoms with E-state index in [1.54, 1.807) is 0 Å². The third-order valence-electron chi connectivity index (χ3n) is 3.37. The van der Waals surface area contributed by atoms with E-state index in [9.17, 15) is 4.39 Å². The SMILES string of the molecule is CCc1nc(CF)nc2c1CC(C)(C)CC2. The normalized spacial score (nSPS) is 18.2. The second-order valence-corrected chi connectivity index (χ2v) is 5.34. The maximum atomic E-state index is 12.6. The lowest BCUT2D eigenvalue weighted by molar-refractivity contribution is 0.308. The molecule has 0 amide bonds. The van der Waals surface area contributed by atoms with Crippen LogP contribution in [0.15, 0.2) is 0 Å². The molecule has 1 aromatic rings. The largest absolute Gasteiger partial charge is 0.242 e. The summed E-state index contributed by atoms with van der Waals surface area (Å²) >= 11 is 0. The van der Waals surface area contributed by atoms with Gasteiger partial charge in [-0.05, 0) is 36.7 Å². The van der Waals surface area contributed by atoms with Gasteiger partial charge in [0.05, 0.1) is 0 Å². The van der Waals surface area contributed by atoms with Crippen molar-refractivity contribution in [3.63, 3.8) is 0 Å². The predicted molar refractivity (Wildman–Crippen MR) is 62.0 cm³/mol. The van der Waals surface area contributed by atoms with Crippen molar-refractivity contribution in [2.75, 3.05) is 0 Å². The van der Waals surface area contributed by atoms with Gasteiger partial charge in [0.2, 0.25) is 0 Å². The van der Waals surface area contributed by atoms with Crippen LogP contribution in [0.1, 0.15) is 50.0 Å². The molecule has 0 N–H and O–H groups in total. The Kier molecular flexibility index (Phi) is 2.96. The highest BCUT2D eigenvalue weighted by Gasteiger charge is 2.28. The van der Waals surface area contributed by atoms with E-state index in [1.807, 2.05) is 0 Å². The van der Waals surface area contributed by atoms with Crippen LogP contribution in [0.25, 0.3) is 0 Å². The number of halogens is 1. The Balaban J connectivity index is 2.46. The molecule has 1 aliphatic rings. The van der Waals surface area contributed by atoms with Crippen LogP contribution in [0.3, 0.4) is 0 Å². The van der Waals surface area contributed by atoms with Crippen LogP contribution in [0.2, 0.25) is 0 Å². The van der Waals surface area contributed by atoms with Crippen molar-refractivity contribution in [2.24, 2.45) is 5.41 Å². The summed E-state index contributed by atoms with van der Waals surface area (Å²) in [5.74, 6) is 0.357. The van der Waals surface area contributed by atoms with E-state index >= 15 is 0 Å². The predicted octanol–water partition coefficient (Wildman–Crippen LogP) is 3.02. The Morgan fingerprint density at radius 3 is 2.69 bits per heavy atom. The highest BCUT2D eigenvalue weighted by molar-refractivity contribution is 5.30. The smallest absolute Gasteiger partial charge is 0.159 e. The van der Waals surface area contributed by atoms with Crippen molar-refractivity contribution in [3.05, 3.63) is 22.8 Å². The van der Waals surface area contributed by atoms with Gasteiger partial charge in [-0.15, -0.1) is 0 Å². The van der Waals surface area contributed by atoms with Crippen molar-refractivity contribution >= 4 is 0 Å². The summed E-state index contributed by atoms with van der Waals surface area (Å²) in [7, 11) is 0. The fourth-order valence-corrected chi connectivity index (χ4v) is 2.42. The van der Waals surface area contributed by atoms with Gasteiger partial charge in [-0.3, -0.25) is 0 Å². The summed E-state index contributed by atoms with van der Waals surface area (Å²) in [6.45, 7) is 6.08. The fourth-order valence-electron chi connectivity index (χ4n) is 2.42. The van der Waals surface area contributed by atoms with Crippen LogP contribution in [-0.4, -0.2) is 9.97 Å². The van der Waals surface area contributed by atoms with Crippen molar-refractivity contribution in [3.8, 4) is 0 Å². The number of hydrogen-bond donors (Lipinski definition) is 0. The number of nitrogens with zero attached hydrogens (tertiary/aromatic N) is 2. The van der Waals surface area contributed by atoms with Crippen LogP contribution in [0, 0.1) is 5.41 Å². The van der Waals surface area contributed by atoms with E-state index in [2.05, 4.69) is 30.7 Å². The molecule has 0 unspecified atom stereocenters. The van der Waals surface area contributed by atoms with E-state index in [-0.39, 0.29) is 0 Å². The van der Waals surface area contributed by atoms with Crippen molar-refractivity contribution in [1.82, 2.24) is 9.97 Å². The highest BCUT2D eigenvalue weighted by atomic mass is 19.1. The molecule has 1 aromatic heterocycles. The number of aromatic nitrogens is 2. The number of rotatable bonds is 2. The van der Waals surface area contributed by atoms with Gasteiger partial charge in [-0.25, -0.2) is 14.4 Å². The van der Waals surface area contributed by atoms with Crippen LogP contribution < -0.4 is 0 Å². The van der Waals surface area contributed by atoms with Crippen LogP contribution in [0.4, 0.5) is 4.39 Å². The first-order valence-corrected chi connectivity index (χ1v) is 5.99. The average Bonchev–Trinajstić information content (AvgIpc) is 2.26. The summed E-state index contributed by atoms with van der Waals surface area (Å²) in [6.07, 6.45) is 3.99. The molecule has 0 aromatic carbocycles. The molecule has 0 saturated heterocycles. The molecular formula is C13H19FN2. The first-order chi connectivity index (χ1) is 7.55. The molecule has 3 heteroatoms. The fraction of sp³-hybridized carbons (Fsp3) is 0.692. The van der Waals surface area contributed by atoms with Gasteiger partial charge < -0.3 is 0 Å². The number of hydrogen-bond acceptors (Lipinski definition) is 2. The molecule has 2 nitrogen and oxygen atoms in total. The standard InChI is InChI=1S/C13H19FN2/c1-4-10-9-7-13(2,3)6-5-11(9)16-12(8-14)15-10/h4-8H2,1-3H3. The molecule has 1 heterocycles. The summed E-state index contributed by atoms with van der Waals surface area (Å²) < 4.78 is 12.6.